The predicted molar refractivity (Wildman–Crippen MR) is 107 cm³/mol. The molecule has 0 bridgehead atoms. The van der Waals surface area contributed by atoms with Crippen LogP contribution in [0.15, 0.2) is 48.5 Å². The average molecular weight is 371 g/mol. The van der Waals surface area contributed by atoms with Gasteiger partial charge in [-0.05, 0) is 30.8 Å². The van der Waals surface area contributed by atoms with Crippen LogP contribution in [-0.2, 0) is 6.54 Å². The van der Waals surface area contributed by atoms with Crippen LogP contribution in [0, 0.1) is 0 Å². The molecule has 1 aromatic heterocycles. The van der Waals surface area contributed by atoms with Crippen molar-refractivity contribution in [2.24, 2.45) is 0 Å². The summed E-state index contributed by atoms with van der Waals surface area (Å²) in [5.74, 6) is -0.931. The molecule has 0 radical (unpaired) electrons. The van der Waals surface area contributed by atoms with Gasteiger partial charge in [-0.2, -0.15) is 0 Å². The predicted octanol–water partition coefficient (Wildman–Crippen LogP) is 5.00. The van der Waals surface area contributed by atoms with Crippen molar-refractivity contribution >= 4 is 28.3 Å². The Bertz CT molecular complexity index is 915. The molecular formula is C21H23ClN2O2. The number of aromatic carboxylic acids is 1. The van der Waals surface area contributed by atoms with Gasteiger partial charge < -0.3 is 14.6 Å². The number of carboxylic acid groups (broad SMARTS) is 1. The summed E-state index contributed by atoms with van der Waals surface area (Å²) < 4.78 is 1.93. The Labute approximate surface area is 158 Å². The van der Waals surface area contributed by atoms with Crippen molar-refractivity contribution in [3.05, 3.63) is 59.2 Å². The van der Waals surface area contributed by atoms with Gasteiger partial charge >= 0.3 is 5.97 Å². The van der Waals surface area contributed by atoms with E-state index in [-0.39, 0.29) is 0 Å². The molecule has 0 saturated carbocycles. The van der Waals surface area contributed by atoms with Crippen LogP contribution in [0.2, 0.25) is 5.02 Å². The fourth-order valence-electron chi connectivity index (χ4n) is 3.46. The minimum Gasteiger partial charge on any atom is -0.477 e. The molecule has 5 heteroatoms. The van der Waals surface area contributed by atoms with Crippen molar-refractivity contribution in [3.63, 3.8) is 0 Å². The van der Waals surface area contributed by atoms with E-state index in [1.807, 2.05) is 47.0 Å². The normalized spacial score (nSPS) is 11.4. The molecule has 0 fully saturated rings. The van der Waals surface area contributed by atoms with Crippen LogP contribution < -0.4 is 0 Å². The highest BCUT2D eigenvalue weighted by molar-refractivity contribution is 6.31. The monoisotopic (exact) mass is 370 g/mol. The van der Waals surface area contributed by atoms with Crippen molar-refractivity contribution in [2.75, 3.05) is 19.6 Å². The van der Waals surface area contributed by atoms with Gasteiger partial charge in [-0.3, -0.25) is 0 Å². The lowest BCUT2D eigenvalue weighted by molar-refractivity contribution is 0.0687. The number of rotatable bonds is 7. The molecule has 0 saturated heterocycles. The number of nitrogens with zero attached hydrogens (tertiary/aromatic N) is 2. The summed E-state index contributed by atoms with van der Waals surface area (Å²) in [4.78, 5) is 14.4. The van der Waals surface area contributed by atoms with E-state index in [4.69, 9.17) is 11.6 Å². The average Bonchev–Trinajstić information content (AvgIpc) is 2.96. The molecule has 0 amide bonds. The number of benzene rings is 2. The van der Waals surface area contributed by atoms with Crippen molar-refractivity contribution in [2.45, 2.75) is 20.4 Å². The number of fused-ring (bicyclic) bond motifs is 1. The van der Waals surface area contributed by atoms with E-state index >= 15 is 0 Å². The number of hydrogen-bond acceptors (Lipinski definition) is 2. The van der Waals surface area contributed by atoms with Crippen molar-refractivity contribution in [1.29, 1.82) is 0 Å². The first kappa shape index (κ1) is 18.5. The fourth-order valence-corrected chi connectivity index (χ4v) is 3.64. The molecule has 0 unspecified atom stereocenters. The van der Waals surface area contributed by atoms with Gasteiger partial charge in [-0.15, -0.1) is 0 Å². The molecule has 1 N–H and O–H groups in total. The van der Waals surface area contributed by atoms with E-state index < -0.39 is 5.97 Å². The molecule has 0 spiro atoms. The second-order valence-corrected chi connectivity index (χ2v) is 6.67. The first-order valence-electron chi connectivity index (χ1n) is 8.89. The van der Waals surface area contributed by atoms with Crippen LogP contribution in [0.1, 0.15) is 24.3 Å². The summed E-state index contributed by atoms with van der Waals surface area (Å²) in [6, 6.07) is 15.4. The Balaban J connectivity index is 2.24. The highest BCUT2D eigenvalue weighted by Crippen LogP contribution is 2.35. The number of carbonyl (C=O) groups is 1. The number of carboxylic acids is 1. The second-order valence-electron chi connectivity index (χ2n) is 6.24. The van der Waals surface area contributed by atoms with Gasteiger partial charge in [0.2, 0.25) is 0 Å². The van der Waals surface area contributed by atoms with Crippen LogP contribution in [0.5, 0.6) is 0 Å². The molecular weight excluding hydrogens is 348 g/mol. The van der Waals surface area contributed by atoms with Crippen molar-refractivity contribution in [1.82, 2.24) is 9.47 Å². The minimum absolute atomic E-state index is 0.300. The lowest BCUT2D eigenvalue weighted by Crippen LogP contribution is -2.28. The molecule has 3 rings (SSSR count). The van der Waals surface area contributed by atoms with Gasteiger partial charge in [0.1, 0.15) is 5.69 Å². The van der Waals surface area contributed by atoms with Crippen LogP contribution in [-0.4, -0.2) is 40.2 Å². The number of likely N-dealkylation sites (N-methyl/N-ethyl adjacent to an activating group) is 1. The highest BCUT2D eigenvalue weighted by Gasteiger charge is 2.23. The standard InChI is InChI=1S/C21H23ClN2O2/c1-3-23(4-2)12-13-24-19(15-8-6-5-7-9-15)17-11-10-16(22)14-18(17)20(24)21(25)26/h5-11,14H,3-4,12-13H2,1-2H3,(H,25,26). The summed E-state index contributed by atoms with van der Waals surface area (Å²) in [6.07, 6.45) is 0. The first-order valence-corrected chi connectivity index (χ1v) is 9.27. The van der Waals surface area contributed by atoms with E-state index in [1.54, 1.807) is 6.07 Å². The van der Waals surface area contributed by atoms with E-state index in [2.05, 4.69) is 18.7 Å². The number of aromatic nitrogens is 1. The smallest absolute Gasteiger partial charge is 0.353 e. The molecule has 2 aromatic carbocycles. The quantitative estimate of drug-likeness (QED) is 0.636. The largest absolute Gasteiger partial charge is 0.477 e. The zero-order valence-electron chi connectivity index (χ0n) is 15.1. The molecule has 0 atom stereocenters. The maximum Gasteiger partial charge on any atom is 0.353 e. The Morgan fingerprint density at radius 1 is 1.08 bits per heavy atom. The third-order valence-electron chi connectivity index (χ3n) is 4.82. The molecule has 4 nitrogen and oxygen atoms in total. The maximum atomic E-state index is 12.1. The first-order chi connectivity index (χ1) is 12.6. The fraction of sp³-hybridized carbons (Fsp3) is 0.286. The van der Waals surface area contributed by atoms with E-state index in [9.17, 15) is 9.90 Å². The van der Waals surface area contributed by atoms with Crippen molar-refractivity contribution in [3.8, 4) is 11.3 Å². The summed E-state index contributed by atoms with van der Waals surface area (Å²) in [5.41, 5.74) is 2.24. The molecule has 0 aliphatic heterocycles. The Morgan fingerprint density at radius 2 is 1.77 bits per heavy atom. The van der Waals surface area contributed by atoms with Crippen LogP contribution in [0.4, 0.5) is 0 Å². The number of hydrogen-bond donors (Lipinski definition) is 1. The van der Waals surface area contributed by atoms with E-state index in [0.29, 0.717) is 22.6 Å². The van der Waals surface area contributed by atoms with Crippen LogP contribution in [0.3, 0.4) is 0 Å². The van der Waals surface area contributed by atoms with Gasteiger partial charge in [-0.1, -0.05) is 61.8 Å². The maximum absolute atomic E-state index is 12.1. The van der Waals surface area contributed by atoms with Gasteiger partial charge in [0.05, 0.1) is 5.69 Å². The Morgan fingerprint density at radius 3 is 2.38 bits per heavy atom. The molecule has 136 valence electrons. The van der Waals surface area contributed by atoms with Crippen LogP contribution >= 0.6 is 11.6 Å². The third kappa shape index (κ3) is 3.48. The lowest BCUT2D eigenvalue weighted by Gasteiger charge is -2.20. The van der Waals surface area contributed by atoms with Gasteiger partial charge in [-0.25, -0.2) is 4.79 Å². The lowest BCUT2D eigenvalue weighted by atomic mass is 10.1. The summed E-state index contributed by atoms with van der Waals surface area (Å²) >= 11 is 6.16. The SMILES string of the molecule is CCN(CC)CCn1c(C(=O)O)c2cc(Cl)ccc2c1-c1ccccc1. The Hall–Kier alpha value is -2.30. The van der Waals surface area contributed by atoms with E-state index in [0.717, 1.165) is 36.3 Å². The van der Waals surface area contributed by atoms with Crippen LogP contribution in [0.25, 0.3) is 22.0 Å². The summed E-state index contributed by atoms with van der Waals surface area (Å²) in [7, 11) is 0. The summed E-state index contributed by atoms with van der Waals surface area (Å²) in [5, 5.41) is 12.1. The number of halogens is 1. The van der Waals surface area contributed by atoms with Gasteiger partial charge in [0, 0.05) is 28.9 Å². The van der Waals surface area contributed by atoms with Gasteiger partial charge in [0.15, 0.2) is 0 Å². The van der Waals surface area contributed by atoms with E-state index in [1.165, 1.54) is 0 Å². The second kappa shape index (κ2) is 7.94. The summed E-state index contributed by atoms with van der Waals surface area (Å²) in [6.45, 7) is 7.51. The molecule has 0 aliphatic carbocycles. The molecule has 0 aliphatic rings. The Kier molecular flexibility index (Phi) is 5.64. The minimum atomic E-state index is -0.931. The molecule has 26 heavy (non-hydrogen) atoms. The molecule has 1 heterocycles. The zero-order chi connectivity index (χ0) is 18.7. The zero-order valence-corrected chi connectivity index (χ0v) is 15.8. The van der Waals surface area contributed by atoms with Gasteiger partial charge in [0.25, 0.3) is 0 Å². The molecule has 3 aromatic rings. The topological polar surface area (TPSA) is 45.5 Å². The third-order valence-corrected chi connectivity index (χ3v) is 5.05. The van der Waals surface area contributed by atoms with Crippen molar-refractivity contribution < 1.29 is 9.90 Å². The highest BCUT2D eigenvalue weighted by atomic mass is 35.5.